The average molecular weight is 687 g/mol. The normalized spacial score (nSPS) is 11.9. The van der Waals surface area contributed by atoms with Crippen molar-refractivity contribution in [1.82, 2.24) is 10.2 Å². The van der Waals surface area contributed by atoms with Gasteiger partial charge in [0.15, 0.2) is 0 Å². The number of unbranched alkanes of at least 4 members (excludes halogenated alkanes) is 1. The molecule has 0 heterocycles. The van der Waals surface area contributed by atoms with Crippen LogP contribution in [-0.2, 0) is 32.6 Å². The van der Waals surface area contributed by atoms with Crippen LogP contribution in [0.2, 0.25) is 15.1 Å². The maximum Gasteiger partial charge on any atom is 0.264 e. The largest absolute Gasteiger partial charge is 0.354 e. The van der Waals surface area contributed by atoms with Gasteiger partial charge in [0.25, 0.3) is 10.0 Å². The van der Waals surface area contributed by atoms with Crippen LogP contribution in [0.25, 0.3) is 0 Å². The van der Waals surface area contributed by atoms with Crippen molar-refractivity contribution >= 4 is 62.3 Å². The van der Waals surface area contributed by atoms with E-state index in [2.05, 4.69) is 5.32 Å². The topological polar surface area (TPSA) is 86.8 Å². The van der Waals surface area contributed by atoms with E-state index < -0.39 is 28.5 Å². The number of hydrogen-bond acceptors (Lipinski definition) is 4. The summed E-state index contributed by atoms with van der Waals surface area (Å²) in [6, 6.07) is 27.6. The quantitative estimate of drug-likeness (QED) is 0.140. The van der Waals surface area contributed by atoms with Gasteiger partial charge in [-0.15, -0.1) is 0 Å². The first-order chi connectivity index (χ1) is 21.6. The third kappa shape index (κ3) is 9.23. The molecule has 4 rings (SSSR count). The van der Waals surface area contributed by atoms with Gasteiger partial charge in [0.1, 0.15) is 12.6 Å². The number of sulfonamides is 1. The zero-order chi connectivity index (χ0) is 32.4. The summed E-state index contributed by atoms with van der Waals surface area (Å²) >= 11 is 18.7. The predicted octanol–water partition coefficient (Wildman–Crippen LogP) is 7.40. The molecular formula is C34H34Cl3N3O4S. The molecule has 4 aromatic rings. The number of carbonyl (C=O) groups excluding carboxylic acids is 2. The van der Waals surface area contributed by atoms with Gasteiger partial charge >= 0.3 is 0 Å². The highest BCUT2D eigenvalue weighted by Crippen LogP contribution is 2.31. The number of amides is 2. The molecule has 0 unspecified atom stereocenters. The fourth-order valence-electron chi connectivity index (χ4n) is 4.78. The molecule has 1 N–H and O–H groups in total. The van der Waals surface area contributed by atoms with Crippen molar-refractivity contribution in [1.29, 1.82) is 0 Å². The summed E-state index contributed by atoms with van der Waals surface area (Å²) in [6.45, 7) is 1.87. The third-order valence-corrected chi connectivity index (χ3v) is 9.91. The van der Waals surface area contributed by atoms with E-state index in [1.165, 1.54) is 35.2 Å². The Morgan fingerprint density at radius 3 is 2.11 bits per heavy atom. The smallest absolute Gasteiger partial charge is 0.264 e. The van der Waals surface area contributed by atoms with Crippen LogP contribution in [0.4, 0.5) is 5.69 Å². The lowest BCUT2D eigenvalue weighted by Gasteiger charge is -2.34. The van der Waals surface area contributed by atoms with Crippen molar-refractivity contribution in [3.05, 3.63) is 129 Å². The van der Waals surface area contributed by atoms with Gasteiger partial charge in [-0.25, -0.2) is 8.42 Å². The van der Waals surface area contributed by atoms with Gasteiger partial charge in [-0.1, -0.05) is 109 Å². The number of benzene rings is 4. The van der Waals surface area contributed by atoms with E-state index in [1.54, 1.807) is 42.5 Å². The average Bonchev–Trinajstić information content (AvgIpc) is 3.03. The fraction of sp³-hybridized carbons (Fsp3) is 0.235. The van der Waals surface area contributed by atoms with Gasteiger partial charge in [-0.3, -0.25) is 13.9 Å². The Morgan fingerprint density at radius 1 is 0.800 bits per heavy atom. The van der Waals surface area contributed by atoms with Crippen LogP contribution in [0, 0.1) is 0 Å². The van der Waals surface area contributed by atoms with E-state index >= 15 is 0 Å². The van der Waals surface area contributed by atoms with E-state index in [9.17, 15) is 18.0 Å². The molecule has 0 bridgehead atoms. The maximum absolute atomic E-state index is 14.5. The lowest BCUT2D eigenvalue weighted by molar-refractivity contribution is -0.140. The minimum absolute atomic E-state index is 0.0107. The van der Waals surface area contributed by atoms with Crippen LogP contribution < -0.4 is 9.62 Å². The Labute approximate surface area is 279 Å². The summed E-state index contributed by atoms with van der Waals surface area (Å²) in [4.78, 5) is 29.7. The molecule has 2 amide bonds. The first-order valence-electron chi connectivity index (χ1n) is 14.5. The SMILES string of the molecule is CCCCNC(=O)[C@@H](Cc1ccccc1)N(Cc1cccc(Cl)c1)C(=O)CN(c1ccc(Cl)c(Cl)c1)S(=O)(=O)c1ccccc1. The highest BCUT2D eigenvalue weighted by molar-refractivity contribution is 7.92. The standard InChI is InChI=1S/C34H34Cl3N3O4S/c1-2-3-19-38-34(42)32(21-25-11-6-4-7-12-25)39(23-26-13-10-14-27(35)20-26)33(41)24-40(28-17-18-30(36)31(37)22-28)45(43,44)29-15-8-5-9-16-29/h4-18,20,22,32H,2-3,19,21,23-24H2,1H3,(H,38,42)/t32-/m1/s1. The van der Waals surface area contributed by atoms with Crippen LogP contribution in [0.1, 0.15) is 30.9 Å². The fourth-order valence-corrected chi connectivity index (χ4v) is 6.71. The number of hydrogen-bond donors (Lipinski definition) is 1. The summed E-state index contributed by atoms with van der Waals surface area (Å²) < 4.78 is 29.1. The summed E-state index contributed by atoms with van der Waals surface area (Å²) in [5.41, 5.74) is 1.67. The second-order valence-corrected chi connectivity index (χ2v) is 13.5. The van der Waals surface area contributed by atoms with Crippen molar-refractivity contribution in [2.24, 2.45) is 0 Å². The molecule has 4 aromatic carbocycles. The molecule has 0 fully saturated rings. The molecule has 0 saturated heterocycles. The molecule has 0 aliphatic carbocycles. The summed E-state index contributed by atoms with van der Waals surface area (Å²) in [5.74, 6) is -0.929. The summed E-state index contributed by atoms with van der Waals surface area (Å²) in [5, 5.41) is 3.80. The molecule has 0 aliphatic heterocycles. The number of nitrogens with zero attached hydrogens (tertiary/aromatic N) is 2. The van der Waals surface area contributed by atoms with Gasteiger partial charge in [0.05, 0.1) is 20.6 Å². The Kier molecular flexibility index (Phi) is 12.3. The monoisotopic (exact) mass is 685 g/mol. The zero-order valence-corrected chi connectivity index (χ0v) is 27.8. The van der Waals surface area contributed by atoms with Crippen LogP contribution in [0.15, 0.2) is 108 Å². The van der Waals surface area contributed by atoms with Gasteiger partial charge in [-0.2, -0.15) is 0 Å². The molecule has 45 heavy (non-hydrogen) atoms. The molecule has 11 heteroatoms. The van der Waals surface area contributed by atoms with Crippen molar-refractivity contribution in [3.63, 3.8) is 0 Å². The highest BCUT2D eigenvalue weighted by atomic mass is 35.5. The van der Waals surface area contributed by atoms with Crippen LogP contribution in [0.3, 0.4) is 0 Å². The molecule has 0 aromatic heterocycles. The predicted molar refractivity (Wildman–Crippen MR) is 181 cm³/mol. The number of anilines is 1. The number of nitrogens with one attached hydrogen (secondary N) is 1. The number of carbonyl (C=O) groups is 2. The van der Waals surface area contributed by atoms with Crippen LogP contribution in [0.5, 0.6) is 0 Å². The van der Waals surface area contributed by atoms with E-state index in [0.717, 1.165) is 22.7 Å². The van der Waals surface area contributed by atoms with Crippen LogP contribution >= 0.6 is 34.8 Å². The molecule has 0 saturated carbocycles. The van der Waals surface area contributed by atoms with E-state index in [0.29, 0.717) is 17.1 Å². The molecule has 0 spiro atoms. The first-order valence-corrected chi connectivity index (χ1v) is 17.1. The van der Waals surface area contributed by atoms with Gasteiger partial charge in [0, 0.05) is 24.5 Å². The second kappa shape index (κ2) is 16.1. The Bertz CT molecular complexity index is 1710. The molecule has 236 valence electrons. The van der Waals surface area contributed by atoms with Crippen molar-refractivity contribution in [2.75, 3.05) is 17.4 Å². The van der Waals surface area contributed by atoms with E-state index in [-0.39, 0.29) is 39.5 Å². The Morgan fingerprint density at radius 2 is 1.47 bits per heavy atom. The van der Waals surface area contributed by atoms with E-state index in [1.807, 2.05) is 37.3 Å². The lowest BCUT2D eigenvalue weighted by atomic mass is 10.0. The van der Waals surface area contributed by atoms with Crippen LogP contribution in [-0.4, -0.2) is 44.3 Å². The van der Waals surface area contributed by atoms with E-state index in [4.69, 9.17) is 34.8 Å². The minimum Gasteiger partial charge on any atom is -0.354 e. The molecule has 0 radical (unpaired) electrons. The summed E-state index contributed by atoms with van der Waals surface area (Å²) in [6.07, 6.45) is 1.86. The number of halogens is 3. The van der Waals surface area contributed by atoms with Gasteiger partial charge < -0.3 is 10.2 Å². The molecular weight excluding hydrogens is 653 g/mol. The van der Waals surface area contributed by atoms with Crippen molar-refractivity contribution in [3.8, 4) is 0 Å². The Hall–Kier alpha value is -3.56. The highest BCUT2D eigenvalue weighted by Gasteiger charge is 2.34. The third-order valence-electron chi connectivity index (χ3n) is 7.14. The zero-order valence-electron chi connectivity index (χ0n) is 24.7. The minimum atomic E-state index is -4.25. The number of rotatable bonds is 14. The molecule has 7 nitrogen and oxygen atoms in total. The van der Waals surface area contributed by atoms with Crippen molar-refractivity contribution < 1.29 is 18.0 Å². The molecule has 1 atom stereocenters. The van der Waals surface area contributed by atoms with Crippen molar-refractivity contribution in [2.45, 2.75) is 43.7 Å². The second-order valence-electron chi connectivity index (χ2n) is 10.4. The first kappa shape index (κ1) is 34.3. The van der Waals surface area contributed by atoms with Gasteiger partial charge in [0.2, 0.25) is 11.8 Å². The van der Waals surface area contributed by atoms with Gasteiger partial charge in [-0.05, 0) is 60.0 Å². The maximum atomic E-state index is 14.5. The molecule has 0 aliphatic rings. The Balaban J connectivity index is 1.80. The lowest BCUT2D eigenvalue weighted by Crippen LogP contribution is -2.53. The summed E-state index contributed by atoms with van der Waals surface area (Å²) in [7, 11) is -4.25.